The molecule has 0 bridgehead atoms. The van der Waals surface area contributed by atoms with E-state index in [1.165, 1.54) is 0 Å². The first-order valence-corrected chi connectivity index (χ1v) is 9.94. The monoisotopic (exact) mass is 461 g/mol. The largest absolute Gasteiger partial charge is 0.449 e. The summed E-state index contributed by atoms with van der Waals surface area (Å²) in [5.41, 5.74) is 0. The van der Waals surface area contributed by atoms with Crippen LogP contribution < -0.4 is 0 Å². The Morgan fingerprint density at radius 3 is 1.67 bits per heavy atom. The zero-order chi connectivity index (χ0) is 21.9. The van der Waals surface area contributed by atoms with E-state index in [2.05, 4.69) is 13.8 Å². The molecule has 17 heteroatoms. The van der Waals surface area contributed by atoms with Crippen LogP contribution in [-0.4, -0.2) is 56.1 Å². The molecule has 0 atom stereocenters. The van der Waals surface area contributed by atoms with Gasteiger partial charge in [-0.2, -0.15) is 26.3 Å². The van der Waals surface area contributed by atoms with E-state index in [1.54, 1.807) is 0 Å². The van der Waals surface area contributed by atoms with Gasteiger partial charge in [-0.1, -0.05) is 11.0 Å². The topological polar surface area (TPSA) is 82.1 Å². The predicted octanol–water partition coefficient (Wildman–Crippen LogP) is 3.88. The molecule has 0 spiro atoms. The molecule has 0 aromatic heterocycles. The van der Waals surface area contributed by atoms with Crippen LogP contribution in [0.25, 0.3) is 0 Å². The van der Waals surface area contributed by atoms with Gasteiger partial charge >= 0.3 is 31.6 Å². The summed E-state index contributed by atoms with van der Waals surface area (Å²) in [6, 6.07) is 0. The molecular weight excluding hydrogens is 445 g/mol. The van der Waals surface area contributed by atoms with Crippen LogP contribution in [0.15, 0.2) is 0 Å². The average Bonchev–Trinajstić information content (AvgIpc) is 2.46. The van der Waals surface area contributed by atoms with E-state index in [4.69, 9.17) is 0 Å². The minimum absolute atomic E-state index is 0.578. The highest BCUT2D eigenvalue weighted by molar-refractivity contribution is 7.95. The number of sulfonamides is 1. The first-order chi connectivity index (χ1) is 12.0. The minimum Gasteiger partial charge on any atom is -0.296 e. The van der Waals surface area contributed by atoms with Crippen molar-refractivity contribution in [3.63, 3.8) is 0 Å². The van der Waals surface area contributed by atoms with Crippen molar-refractivity contribution >= 4 is 17.8 Å². The molecule has 0 heterocycles. The Bertz CT molecular complexity index is 636. The second-order valence-corrected chi connectivity index (χ2v) is 8.56. The first kappa shape index (κ1) is 26.5. The van der Waals surface area contributed by atoms with Crippen LogP contribution >= 0.6 is 7.75 Å². The SMILES string of the molecule is CCOP(=O)(OCC)N(CC)S(=O)(=O)C(F)(F)C(F)(F)OC(F)(F)C(F)F. The lowest BCUT2D eigenvalue weighted by atomic mass is 10.6. The molecule has 0 aliphatic carbocycles. The van der Waals surface area contributed by atoms with Crippen molar-refractivity contribution in [1.29, 1.82) is 0 Å². The maximum Gasteiger partial charge on any atom is 0.449 e. The highest BCUT2D eigenvalue weighted by atomic mass is 32.2. The fourth-order valence-electron chi connectivity index (χ4n) is 1.52. The lowest BCUT2D eigenvalue weighted by Crippen LogP contribution is -2.56. The molecule has 0 aromatic carbocycles. The van der Waals surface area contributed by atoms with Crippen molar-refractivity contribution < 1.29 is 61.9 Å². The Labute approximate surface area is 149 Å². The second-order valence-electron chi connectivity index (χ2n) is 4.45. The summed E-state index contributed by atoms with van der Waals surface area (Å²) in [5, 5.41) is -6.54. The van der Waals surface area contributed by atoms with Crippen molar-refractivity contribution in [2.75, 3.05) is 19.8 Å². The van der Waals surface area contributed by atoms with E-state index >= 15 is 0 Å². The first-order valence-electron chi connectivity index (χ1n) is 7.00. The molecular formula is C10H16F8NO6PS. The van der Waals surface area contributed by atoms with Gasteiger partial charge in [0.25, 0.3) is 10.0 Å². The number of halogens is 8. The molecule has 0 rings (SSSR count). The van der Waals surface area contributed by atoms with Gasteiger partial charge in [0, 0.05) is 6.54 Å². The number of nitrogens with zero attached hydrogens (tertiary/aromatic N) is 1. The van der Waals surface area contributed by atoms with Crippen LogP contribution in [0.2, 0.25) is 0 Å². The van der Waals surface area contributed by atoms with Gasteiger partial charge in [0.05, 0.1) is 13.2 Å². The van der Waals surface area contributed by atoms with Crippen molar-refractivity contribution in [2.45, 2.75) is 44.7 Å². The fraction of sp³-hybridized carbons (Fsp3) is 1.00. The third-order valence-corrected chi connectivity index (χ3v) is 7.53. The highest BCUT2D eigenvalue weighted by Gasteiger charge is 2.74. The lowest BCUT2D eigenvalue weighted by Gasteiger charge is -2.34. The Balaban J connectivity index is 6.23. The molecule has 0 fully saturated rings. The number of alkyl halides is 8. The molecule has 0 amide bonds. The molecule has 0 unspecified atom stereocenters. The maximum atomic E-state index is 13.9. The van der Waals surface area contributed by atoms with Gasteiger partial charge in [-0.25, -0.2) is 26.5 Å². The lowest BCUT2D eigenvalue weighted by molar-refractivity contribution is -0.435. The minimum atomic E-state index is -6.77. The Morgan fingerprint density at radius 1 is 0.963 bits per heavy atom. The van der Waals surface area contributed by atoms with Crippen LogP contribution in [-0.2, 0) is 28.4 Å². The normalized spacial score (nSPS) is 15.0. The van der Waals surface area contributed by atoms with Crippen LogP contribution in [0.4, 0.5) is 35.1 Å². The fourth-order valence-corrected chi connectivity index (χ4v) is 5.45. The number of rotatable bonds is 12. The van der Waals surface area contributed by atoms with Gasteiger partial charge in [-0.05, 0) is 13.8 Å². The molecule has 0 radical (unpaired) electrons. The maximum absolute atomic E-state index is 13.9. The van der Waals surface area contributed by atoms with E-state index < -0.39 is 65.5 Å². The zero-order valence-electron chi connectivity index (χ0n) is 14.0. The average molecular weight is 461 g/mol. The third kappa shape index (κ3) is 5.29. The Morgan fingerprint density at radius 2 is 1.37 bits per heavy atom. The number of hydrogen-bond donors (Lipinski definition) is 0. The second kappa shape index (κ2) is 8.86. The van der Waals surface area contributed by atoms with E-state index in [9.17, 15) is 48.1 Å². The summed E-state index contributed by atoms with van der Waals surface area (Å²) in [6.45, 7) is 0.689. The van der Waals surface area contributed by atoms with Crippen molar-refractivity contribution in [1.82, 2.24) is 4.08 Å². The smallest absolute Gasteiger partial charge is 0.296 e. The number of hydrogen-bond acceptors (Lipinski definition) is 6. The summed E-state index contributed by atoms with van der Waals surface area (Å²) in [5.74, 6) is 0. The van der Waals surface area contributed by atoms with E-state index in [1.807, 2.05) is 0 Å². The molecule has 0 saturated carbocycles. The van der Waals surface area contributed by atoms with Crippen LogP contribution in [0, 0.1) is 0 Å². The van der Waals surface area contributed by atoms with Gasteiger partial charge in [-0.15, -0.1) is 0 Å². The summed E-state index contributed by atoms with van der Waals surface area (Å²) in [7, 11) is -11.9. The molecule has 0 aromatic rings. The van der Waals surface area contributed by atoms with Gasteiger partial charge in [0.1, 0.15) is 0 Å². The van der Waals surface area contributed by atoms with E-state index in [-0.39, 0.29) is 0 Å². The Kier molecular flexibility index (Phi) is 8.68. The summed E-state index contributed by atoms with van der Waals surface area (Å²) in [4.78, 5) is 0. The highest BCUT2D eigenvalue weighted by Crippen LogP contribution is 2.57. The van der Waals surface area contributed by atoms with Gasteiger partial charge < -0.3 is 0 Å². The summed E-state index contributed by atoms with van der Waals surface area (Å²) in [6.07, 6.45) is -17.7. The van der Waals surface area contributed by atoms with Crippen molar-refractivity contribution in [3.8, 4) is 0 Å². The molecule has 164 valence electrons. The zero-order valence-corrected chi connectivity index (χ0v) is 15.7. The molecule has 0 aliphatic heterocycles. The number of ether oxygens (including phenoxy) is 1. The molecule has 0 aliphatic rings. The standard InChI is InChI=1S/C10H16F8NO6PS/c1-4-19(26(20,23-5-2)24-6-3)27(21,22)10(17,18)9(15,16)25-8(13,14)7(11)12/h7H,4-6H2,1-3H3. The van der Waals surface area contributed by atoms with E-state index in [0.29, 0.717) is 0 Å². The van der Waals surface area contributed by atoms with Gasteiger partial charge in [-0.3, -0.25) is 9.05 Å². The van der Waals surface area contributed by atoms with Crippen LogP contribution in [0.5, 0.6) is 0 Å². The molecule has 27 heavy (non-hydrogen) atoms. The molecule has 0 saturated heterocycles. The van der Waals surface area contributed by atoms with E-state index in [0.717, 1.165) is 20.8 Å². The summed E-state index contributed by atoms with van der Waals surface area (Å²) < 4.78 is 150. The van der Waals surface area contributed by atoms with Crippen molar-refractivity contribution in [3.05, 3.63) is 0 Å². The van der Waals surface area contributed by atoms with Crippen LogP contribution in [0.1, 0.15) is 20.8 Å². The van der Waals surface area contributed by atoms with Crippen molar-refractivity contribution in [2.24, 2.45) is 0 Å². The molecule has 0 N–H and O–H groups in total. The van der Waals surface area contributed by atoms with Gasteiger partial charge in [0.2, 0.25) is 0 Å². The molecule has 7 nitrogen and oxygen atoms in total. The van der Waals surface area contributed by atoms with Crippen LogP contribution in [0.3, 0.4) is 0 Å². The quantitative estimate of drug-likeness (QED) is 0.324. The third-order valence-electron chi connectivity index (χ3n) is 2.59. The predicted molar refractivity (Wildman–Crippen MR) is 74.1 cm³/mol. The Hall–Kier alpha value is -0.540. The van der Waals surface area contributed by atoms with Gasteiger partial charge in [0.15, 0.2) is 0 Å². The summed E-state index contributed by atoms with van der Waals surface area (Å²) >= 11 is 0.